The number of hydrogen-bond donors (Lipinski definition) is 0. The number of aromatic nitrogens is 1. The Balaban J connectivity index is 2.53. The number of carbonyl (C=O) groups excluding carboxylic acids is 1. The van der Waals surface area contributed by atoms with Crippen molar-refractivity contribution in [2.75, 3.05) is 0 Å². The van der Waals surface area contributed by atoms with Crippen molar-refractivity contribution in [3.8, 4) is 0 Å². The molecule has 0 saturated heterocycles. The van der Waals surface area contributed by atoms with Gasteiger partial charge in [-0.3, -0.25) is 9.36 Å². The summed E-state index contributed by atoms with van der Waals surface area (Å²) in [4.78, 5) is 11.5. The summed E-state index contributed by atoms with van der Waals surface area (Å²) in [5.74, 6) is 0.0824. The van der Waals surface area contributed by atoms with Gasteiger partial charge >= 0.3 is 0 Å². The van der Waals surface area contributed by atoms with Crippen molar-refractivity contribution in [1.29, 1.82) is 0 Å². The van der Waals surface area contributed by atoms with E-state index in [1.165, 1.54) is 23.8 Å². The van der Waals surface area contributed by atoms with E-state index >= 15 is 0 Å². The molecule has 0 N–H and O–H groups in total. The average molecular weight is 215 g/mol. The Kier molecular flexibility index (Phi) is 3.09. The minimum absolute atomic E-state index is 0.0824. The number of aryl methyl sites for hydroxylation is 1. The highest BCUT2D eigenvalue weighted by Gasteiger charge is 2.09. The number of benzene rings is 1. The summed E-state index contributed by atoms with van der Waals surface area (Å²) in [5, 5.41) is 1.21. The number of para-hydroxylation sites is 1. The number of fused-ring (bicyclic) bond motifs is 1. The van der Waals surface area contributed by atoms with E-state index in [0.717, 1.165) is 11.9 Å². The molecule has 1 aromatic heterocycles. The Labute approximate surface area is 95.9 Å². The van der Waals surface area contributed by atoms with Crippen LogP contribution in [0.5, 0.6) is 0 Å². The van der Waals surface area contributed by atoms with Gasteiger partial charge in [0.2, 0.25) is 5.91 Å². The maximum Gasteiger partial charge on any atom is 0.227 e. The van der Waals surface area contributed by atoms with Crippen LogP contribution in [0.4, 0.5) is 0 Å². The van der Waals surface area contributed by atoms with Crippen molar-refractivity contribution in [3.05, 3.63) is 36.0 Å². The van der Waals surface area contributed by atoms with Crippen molar-refractivity contribution in [2.45, 2.75) is 33.1 Å². The Hall–Kier alpha value is -1.57. The van der Waals surface area contributed by atoms with Gasteiger partial charge in [-0.2, -0.15) is 0 Å². The van der Waals surface area contributed by atoms with Crippen LogP contribution in [0.15, 0.2) is 30.5 Å². The van der Waals surface area contributed by atoms with Crippen molar-refractivity contribution in [3.63, 3.8) is 0 Å². The lowest BCUT2D eigenvalue weighted by Crippen LogP contribution is -2.02. The first-order valence-corrected chi connectivity index (χ1v) is 5.84. The summed E-state index contributed by atoms with van der Waals surface area (Å²) < 4.78 is 1.75. The molecule has 0 spiro atoms. The molecule has 1 aromatic carbocycles. The first kappa shape index (κ1) is 10.9. The molecule has 16 heavy (non-hydrogen) atoms. The van der Waals surface area contributed by atoms with Gasteiger partial charge in [-0.05, 0) is 24.5 Å². The molecule has 0 aliphatic carbocycles. The average Bonchev–Trinajstić information content (AvgIpc) is 2.65. The molecule has 0 aliphatic rings. The molecule has 0 atom stereocenters. The largest absolute Gasteiger partial charge is 0.287 e. The molecule has 0 bridgehead atoms. The van der Waals surface area contributed by atoms with E-state index < -0.39 is 0 Å². The molecule has 1 heterocycles. The second-order valence-electron chi connectivity index (χ2n) is 4.16. The second kappa shape index (κ2) is 4.52. The van der Waals surface area contributed by atoms with Gasteiger partial charge in [0.05, 0.1) is 5.52 Å². The number of nitrogens with zero attached hydrogens (tertiary/aromatic N) is 1. The number of unbranched alkanes of at least 4 members (excludes halogenated alkanes) is 1. The first-order valence-electron chi connectivity index (χ1n) is 5.84. The Bertz CT molecular complexity index is 510. The first-order chi connectivity index (χ1) is 7.74. The molecule has 0 radical (unpaired) electrons. The highest BCUT2D eigenvalue weighted by molar-refractivity contribution is 5.93. The number of carbonyl (C=O) groups is 1. The summed E-state index contributed by atoms with van der Waals surface area (Å²) in [6, 6.07) is 8.11. The van der Waals surface area contributed by atoms with Gasteiger partial charge in [-0.15, -0.1) is 0 Å². The van der Waals surface area contributed by atoms with E-state index in [2.05, 4.69) is 13.0 Å². The van der Waals surface area contributed by atoms with Gasteiger partial charge < -0.3 is 0 Å². The van der Waals surface area contributed by atoms with Gasteiger partial charge in [-0.25, -0.2) is 0 Å². The van der Waals surface area contributed by atoms with Crippen LogP contribution in [0.3, 0.4) is 0 Å². The van der Waals surface area contributed by atoms with Crippen LogP contribution >= 0.6 is 0 Å². The summed E-state index contributed by atoms with van der Waals surface area (Å²) in [6.07, 6.45) is 5.39. The monoisotopic (exact) mass is 215 g/mol. The van der Waals surface area contributed by atoms with E-state index in [0.29, 0.717) is 0 Å². The summed E-state index contributed by atoms with van der Waals surface area (Å²) in [7, 11) is 0. The molecule has 2 aromatic rings. The predicted molar refractivity (Wildman–Crippen MR) is 66.9 cm³/mol. The zero-order valence-corrected chi connectivity index (χ0v) is 9.86. The van der Waals surface area contributed by atoms with E-state index in [-0.39, 0.29) is 5.91 Å². The van der Waals surface area contributed by atoms with Crippen LogP contribution in [-0.2, 0) is 6.42 Å². The second-order valence-corrected chi connectivity index (χ2v) is 4.16. The third-order valence-electron chi connectivity index (χ3n) is 2.93. The van der Waals surface area contributed by atoms with Crippen molar-refractivity contribution in [2.24, 2.45) is 0 Å². The predicted octanol–water partition coefficient (Wildman–Crippen LogP) is 3.64. The van der Waals surface area contributed by atoms with Crippen molar-refractivity contribution < 1.29 is 4.79 Å². The molecular formula is C14H17NO. The third-order valence-corrected chi connectivity index (χ3v) is 2.93. The molecule has 0 amide bonds. The van der Waals surface area contributed by atoms with Gasteiger partial charge in [-0.1, -0.05) is 31.5 Å². The minimum Gasteiger partial charge on any atom is -0.287 e. The fourth-order valence-corrected chi connectivity index (χ4v) is 2.08. The molecule has 2 heteroatoms. The Morgan fingerprint density at radius 2 is 2.06 bits per heavy atom. The van der Waals surface area contributed by atoms with Crippen LogP contribution < -0.4 is 0 Å². The van der Waals surface area contributed by atoms with Gasteiger partial charge in [0.1, 0.15) is 0 Å². The quantitative estimate of drug-likeness (QED) is 0.766. The molecule has 0 aliphatic heterocycles. The van der Waals surface area contributed by atoms with E-state index in [4.69, 9.17) is 0 Å². The lowest BCUT2D eigenvalue weighted by molar-refractivity contribution is 0.0941. The molecule has 2 nitrogen and oxygen atoms in total. The van der Waals surface area contributed by atoms with Crippen LogP contribution in [-0.4, -0.2) is 10.5 Å². The summed E-state index contributed by atoms with van der Waals surface area (Å²) in [5.41, 5.74) is 2.31. The number of hydrogen-bond acceptors (Lipinski definition) is 1. The Morgan fingerprint density at radius 3 is 2.75 bits per heavy atom. The lowest BCUT2D eigenvalue weighted by atomic mass is 10.1. The standard InChI is InChI=1S/C14H17NO/c1-3-4-7-12-10-15(11(2)16)14-9-6-5-8-13(12)14/h5-6,8-10H,3-4,7H2,1-2H3. The highest BCUT2D eigenvalue weighted by atomic mass is 16.1. The minimum atomic E-state index is 0.0824. The zero-order chi connectivity index (χ0) is 11.5. The fourth-order valence-electron chi connectivity index (χ4n) is 2.08. The summed E-state index contributed by atoms with van der Waals surface area (Å²) >= 11 is 0. The van der Waals surface area contributed by atoms with Crippen LogP contribution in [0.2, 0.25) is 0 Å². The fraction of sp³-hybridized carbons (Fsp3) is 0.357. The van der Waals surface area contributed by atoms with Gasteiger partial charge in [0, 0.05) is 18.5 Å². The molecule has 0 saturated carbocycles. The lowest BCUT2D eigenvalue weighted by Gasteiger charge is -1.97. The van der Waals surface area contributed by atoms with Gasteiger partial charge in [0.25, 0.3) is 0 Å². The van der Waals surface area contributed by atoms with Gasteiger partial charge in [0.15, 0.2) is 0 Å². The summed E-state index contributed by atoms with van der Waals surface area (Å²) in [6.45, 7) is 3.79. The SMILES string of the molecule is CCCCc1cn(C(C)=O)c2ccccc12. The molecule has 0 fully saturated rings. The van der Waals surface area contributed by atoms with Crippen LogP contribution in [0.25, 0.3) is 10.9 Å². The van der Waals surface area contributed by atoms with Crippen molar-refractivity contribution >= 4 is 16.8 Å². The Morgan fingerprint density at radius 1 is 1.31 bits per heavy atom. The zero-order valence-electron chi connectivity index (χ0n) is 9.86. The molecular weight excluding hydrogens is 198 g/mol. The van der Waals surface area contributed by atoms with E-state index in [9.17, 15) is 4.79 Å². The van der Waals surface area contributed by atoms with Crippen LogP contribution in [0, 0.1) is 0 Å². The molecule has 0 unspecified atom stereocenters. The highest BCUT2D eigenvalue weighted by Crippen LogP contribution is 2.22. The maximum atomic E-state index is 11.5. The van der Waals surface area contributed by atoms with E-state index in [1.54, 1.807) is 11.5 Å². The third kappa shape index (κ3) is 1.87. The molecule has 2 rings (SSSR count). The normalized spacial score (nSPS) is 10.9. The topological polar surface area (TPSA) is 22.0 Å². The number of rotatable bonds is 3. The molecule has 84 valence electrons. The maximum absolute atomic E-state index is 11.5. The smallest absolute Gasteiger partial charge is 0.227 e. The van der Waals surface area contributed by atoms with E-state index in [1.807, 2.05) is 24.4 Å². The van der Waals surface area contributed by atoms with Crippen LogP contribution in [0.1, 0.15) is 37.0 Å². The van der Waals surface area contributed by atoms with Crippen molar-refractivity contribution in [1.82, 2.24) is 4.57 Å².